The Morgan fingerprint density at radius 2 is 2.29 bits per heavy atom. The zero-order valence-corrected chi connectivity index (χ0v) is 8.00. The molecule has 0 bridgehead atoms. The number of anilines is 1. The second kappa shape index (κ2) is 4.40. The van der Waals surface area contributed by atoms with Gasteiger partial charge in [-0.1, -0.05) is 0 Å². The van der Waals surface area contributed by atoms with E-state index in [2.05, 4.69) is 20.6 Å². The number of amides is 2. The molecule has 0 aromatic carbocycles. The number of urea groups is 1. The number of aromatic nitrogens is 2. The molecule has 0 unspecified atom stereocenters. The van der Waals surface area contributed by atoms with Gasteiger partial charge in [-0.05, 0) is 13.8 Å². The summed E-state index contributed by atoms with van der Waals surface area (Å²) in [6.07, 6.45) is 1.32. The second-order valence-electron chi connectivity index (χ2n) is 3.04. The largest absolute Gasteiger partial charge is 0.336 e. The van der Waals surface area contributed by atoms with Crippen molar-refractivity contribution in [1.82, 2.24) is 15.3 Å². The number of rotatable bonds is 2. The highest BCUT2D eigenvalue weighted by molar-refractivity contribution is 5.87. The standard InChI is InChI=1S/C8H12N4O2/c1-5(2)10-8(14)12-7-9-4-3-6(13)11-7/h3-5H,1-2H3,(H3,9,10,11,12,13,14). The van der Waals surface area contributed by atoms with Gasteiger partial charge < -0.3 is 5.32 Å². The van der Waals surface area contributed by atoms with E-state index in [1.807, 2.05) is 13.8 Å². The Kier molecular flexibility index (Phi) is 3.22. The van der Waals surface area contributed by atoms with Gasteiger partial charge in [0.2, 0.25) is 5.95 Å². The molecule has 1 aromatic heterocycles. The topological polar surface area (TPSA) is 86.9 Å². The lowest BCUT2D eigenvalue weighted by Gasteiger charge is -2.08. The molecular formula is C8H12N4O2. The van der Waals surface area contributed by atoms with Gasteiger partial charge in [0.05, 0.1) is 0 Å². The summed E-state index contributed by atoms with van der Waals surface area (Å²) < 4.78 is 0. The molecule has 0 radical (unpaired) electrons. The third kappa shape index (κ3) is 3.26. The Labute approximate surface area is 80.8 Å². The van der Waals surface area contributed by atoms with Crippen LogP contribution in [-0.2, 0) is 0 Å². The van der Waals surface area contributed by atoms with E-state index in [9.17, 15) is 9.59 Å². The maximum atomic E-state index is 11.1. The Morgan fingerprint density at radius 3 is 2.86 bits per heavy atom. The average molecular weight is 196 g/mol. The highest BCUT2D eigenvalue weighted by Crippen LogP contribution is 1.90. The summed E-state index contributed by atoms with van der Waals surface area (Å²) in [4.78, 5) is 28.1. The zero-order valence-electron chi connectivity index (χ0n) is 8.00. The summed E-state index contributed by atoms with van der Waals surface area (Å²) in [7, 11) is 0. The molecule has 0 aliphatic rings. The Bertz CT molecular complexity index is 372. The smallest absolute Gasteiger partial charge is 0.321 e. The van der Waals surface area contributed by atoms with Gasteiger partial charge in [-0.2, -0.15) is 0 Å². The number of carbonyl (C=O) groups is 1. The Morgan fingerprint density at radius 1 is 1.57 bits per heavy atom. The molecule has 14 heavy (non-hydrogen) atoms. The van der Waals surface area contributed by atoms with Crippen LogP contribution < -0.4 is 16.2 Å². The van der Waals surface area contributed by atoms with Crippen molar-refractivity contribution in [3.8, 4) is 0 Å². The number of hydrogen-bond acceptors (Lipinski definition) is 3. The lowest BCUT2D eigenvalue weighted by atomic mass is 10.4. The molecule has 0 fully saturated rings. The molecule has 0 aliphatic carbocycles. The number of nitrogens with zero attached hydrogens (tertiary/aromatic N) is 1. The maximum absolute atomic E-state index is 11.1. The quantitative estimate of drug-likeness (QED) is 0.635. The van der Waals surface area contributed by atoms with Crippen molar-refractivity contribution in [2.24, 2.45) is 0 Å². The number of carbonyl (C=O) groups excluding carboxylic acids is 1. The highest BCUT2D eigenvalue weighted by Gasteiger charge is 2.03. The van der Waals surface area contributed by atoms with Crippen molar-refractivity contribution in [1.29, 1.82) is 0 Å². The van der Waals surface area contributed by atoms with E-state index in [4.69, 9.17) is 0 Å². The summed E-state index contributed by atoms with van der Waals surface area (Å²) in [5.41, 5.74) is -0.306. The lowest BCUT2D eigenvalue weighted by Crippen LogP contribution is -2.35. The van der Waals surface area contributed by atoms with Crippen LogP contribution in [0.2, 0.25) is 0 Å². The number of aromatic amines is 1. The maximum Gasteiger partial charge on any atom is 0.321 e. The predicted octanol–water partition coefficient (Wildman–Crippen LogP) is 0.300. The van der Waals surface area contributed by atoms with Crippen LogP contribution in [0.15, 0.2) is 17.1 Å². The van der Waals surface area contributed by atoms with Crippen LogP contribution in [0.5, 0.6) is 0 Å². The summed E-state index contributed by atoms with van der Waals surface area (Å²) in [6, 6.07) is 0.908. The third-order valence-electron chi connectivity index (χ3n) is 1.32. The normalized spacial score (nSPS) is 9.93. The summed E-state index contributed by atoms with van der Waals surface area (Å²) in [5.74, 6) is 0.135. The SMILES string of the molecule is CC(C)NC(=O)Nc1nccc(=O)[nH]1. The van der Waals surface area contributed by atoms with E-state index in [1.165, 1.54) is 12.3 Å². The van der Waals surface area contributed by atoms with Gasteiger partial charge in [0.15, 0.2) is 0 Å². The van der Waals surface area contributed by atoms with Crippen LogP contribution in [0.25, 0.3) is 0 Å². The van der Waals surface area contributed by atoms with Crippen molar-refractivity contribution in [3.05, 3.63) is 22.6 Å². The first-order valence-corrected chi connectivity index (χ1v) is 4.21. The van der Waals surface area contributed by atoms with E-state index >= 15 is 0 Å². The summed E-state index contributed by atoms with van der Waals surface area (Å²) >= 11 is 0. The Hall–Kier alpha value is -1.85. The third-order valence-corrected chi connectivity index (χ3v) is 1.32. The van der Waals surface area contributed by atoms with E-state index in [0.717, 1.165) is 0 Å². The molecule has 3 N–H and O–H groups in total. The van der Waals surface area contributed by atoms with E-state index in [0.29, 0.717) is 0 Å². The monoisotopic (exact) mass is 196 g/mol. The van der Waals surface area contributed by atoms with Crippen molar-refractivity contribution < 1.29 is 4.79 Å². The van der Waals surface area contributed by atoms with Crippen LogP contribution in [0.4, 0.5) is 10.7 Å². The van der Waals surface area contributed by atoms with Crippen LogP contribution >= 0.6 is 0 Å². The van der Waals surface area contributed by atoms with Gasteiger partial charge in [-0.25, -0.2) is 9.78 Å². The molecule has 0 spiro atoms. The van der Waals surface area contributed by atoms with Gasteiger partial charge in [-0.3, -0.25) is 15.1 Å². The highest BCUT2D eigenvalue weighted by atomic mass is 16.2. The van der Waals surface area contributed by atoms with Crippen molar-refractivity contribution in [2.75, 3.05) is 5.32 Å². The van der Waals surface area contributed by atoms with Crippen molar-refractivity contribution >= 4 is 12.0 Å². The number of H-pyrrole nitrogens is 1. The fourth-order valence-corrected chi connectivity index (χ4v) is 0.839. The van der Waals surface area contributed by atoms with Gasteiger partial charge >= 0.3 is 6.03 Å². The molecular weight excluding hydrogens is 184 g/mol. The minimum atomic E-state index is -0.394. The predicted molar refractivity (Wildman–Crippen MR) is 52.1 cm³/mol. The molecule has 2 amide bonds. The van der Waals surface area contributed by atoms with Gasteiger partial charge in [0.25, 0.3) is 5.56 Å². The molecule has 1 aromatic rings. The van der Waals surface area contributed by atoms with Crippen molar-refractivity contribution in [2.45, 2.75) is 19.9 Å². The van der Waals surface area contributed by atoms with Crippen molar-refractivity contribution in [3.63, 3.8) is 0 Å². The van der Waals surface area contributed by atoms with Crippen LogP contribution in [0, 0.1) is 0 Å². The molecule has 0 saturated heterocycles. The second-order valence-corrected chi connectivity index (χ2v) is 3.04. The van der Waals surface area contributed by atoms with Crippen LogP contribution in [0.3, 0.4) is 0 Å². The average Bonchev–Trinajstić information content (AvgIpc) is 2.01. The number of hydrogen-bond donors (Lipinski definition) is 3. The number of nitrogens with one attached hydrogen (secondary N) is 3. The van der Waals surface area contributed by atoms with Gasteiger partial charge in [0, 0.05) is 18.3 Å². The molecule has 6 heteroatoms. The molecule has 0 aliphatic heterocycles. The molecule has 0 saturated carbocycles. The molecule has 76 valence electrons. The molecule has 6 nitrogen and oxygen atoms in total. The van der Waals surface area contributed by atoms with Gasteiger partial charge in [-0.15, -0.1) is 0 Å². The van der Waals surface area contributed by atoms with E-state index in [-0.39, 0.29) is 17.5 Å². The van der Waals surface area contributed by atoms with Crippen LogP contribution in [-0.4, -0.2) is 22.0 Å². The zero-order chi connectivity index (χ0) is 10.6. The summed E-state index contributed by atoms with van der Waals surface area (Å²) in [5, 5.41) is 5.00. The first-order valence-electron chi connectivity index (χ1n) is 4.21. The van der Waals surface area contributed by atoms with E-state index < -0.39 is 6.03 Å². The van der Waals surface area contributed by atoms with Gasteiger partial charge in [0.1, 0.15) is 0 Å². The first-order chi connectivity index (χ1) is 6.58. The van der Waals surface area contributed by atoms with Crippen LogP contribution in [0.1, 0.15) is 13.8 Å². The molecule has 0 atom stereocenters. The van der Waals surface area contributed by atoms with E-state index in [1.54, 1.807) is 0 Å². The molecule has 1 heterocycles. The lowest BCUT2D eigenvalue weighted by molar-refractivity contribution is 0.250. The fraction of sp³-hybridized carbons (Fsp3) is 0.375. The fourth-order valence-electron chi connectivity index (χ4n) is 0.839. The Balaban J connectivity index is 2.61. The minimum absolute atomic E-state index is 0.0328. The minimum Gasteiger partial charge on any atom is -0.336 e. The molecule has 1 rings (SSSR count). The first kappa shape index (κ1) is 10.2. The summed E-state index contributed by atoms with van der Waals surface area (Å²) in [6.45, 7) is 3.67.